The standard InChI is InChI=1S/C11H11BrFN3O/c12-11-7(13)5-9-8(15-11)6-14-16(9)10-3-1-2-4-17-10/h5-6,10H,1-4H2. The number of nitrogens with zero attached hydrogens (tertiary/aromatic N) is 3. The Morgan fingerprint density at radius 1 is 1.47 bits per heavy atom. The van der Waals surface area contributed by atoms with E-state index in [-0.39, 0.29) is 16.6 Å². The zero-order chi connectivity index (χ0) is 11.8. The molecule has 6 heteroatoms. The highest BCUT2D eigenvalue weighted by Gasteiger charge is 2.19. The van der Waals surface area contributed by atoms with Crippen LogP contribution in [0.15, 0.2) is 16.9 Å². The molecule has 1 aliphatic rings. The lowest BCUT2D eigenvalue weighted by Gasteiger charge is -2.23. The number of ether oxygens (including phenoxy) is 1. The van der Waals surface area contributed by atoms with Gasteiger partial charge in [0.2, 0.25) is 0 Å². The molecule has 2 aromatic rings. The highest BCUT2D eigenvalue weighted by Crippen LogP contribution is 2.27. The molecule has 1 saturated heterocycles. The second-order valence-electron chi connectivity index (χ2n) is 4.08. The maximum absolute atomic E-state index is 13.5. The number of halogens is 2. The fourth-order valence-corrected chi connectivity index (χ4v) is 2.38. The summed E-state index contributed by atoms with van der Waals surface area (Å²) in [5, 5.41) is 4.24. The van der Waals surface area contributed by atoms with E-state index in [2.05, 4.69) is 26.0 Å². The van der Waals surface area contributed by atoms with Crippen LogP contribution < -0.4 is 0 Å². The second kappa shape index (κ2) is 4.34. The first-order valence-electron chi connectivity index (χ1n) is 5.56. The van der Waals surface area contributed by atoms with Gasteiger partial charge in [-0.3, -0.25) is 0 Å². The summed E-state index contributed by atoms with van der Waals surface area (Å²) in [6.07, 6.45) is 4.64. The summed E-state index contributed by atoms with van der Waals surface area (Å²) in [5.74, 6) is -0.380. The van der Waals surface area contributed by atoms with E-state index in [0.717, 1.165) is 25.9 Å². The highest BCUT2D eigenvalue weighted by atomic mass is 79.9. The fraction of sp³-hybridized carbons (Fsp3) is 0.455. The lowest BCUT2D eigenvalue weighted by atomic mass is 10.2. The minimum absolute atomic E-state index is 0.0939. The Hall–Kier alpha value is -1.01. The van der Waals surface area contributed by atoms with Crippen molar-refractivity contribution in [1.82, 2.24) is 14.8 Å². The first-order valence-corrected chi connectivity index (χ1v) is 6.36. The summed E-state index contributed by atoms with van der Waals surface area (Å²) < 4.78 is 21.1. The molecule has 3 heterocycles. The third kappa shape index (κ3) is 1.95. The lowest BCUT2D eigenvalue weighted by molar-refractivity contribution is -0.0367. The smallest absolute Gasteiger partial charge is 0.158 e. The number of rotatable bonds is 1. The van der Waals surface area contributed by atoms with Crippen LogP contribution in [0.1, 0.15) is 25.5 Å². The molecule has 0 saturated carbocycles. The molecule has 0 N–H and O–H groups in total. The van der Waals surface area contributed by atoms with Crippen LogP contribution in [-0.2, 0) is 4.74 Å². The van der Waals surface area contributed by atoms with Crippen molar-refractivity contribution in [3.8, 4) is 0 Å². The van der Waals surface area contributed by atoms with Crippen molar-refractivity contribution in [3.63, 3.8) is 0 Å². The number of fused-ring (bicyclic) bond motifs is 1. The minimum atomic E-state index is -0.380. The molecule has 1 atom stereocenters. The van der Waals surface area contributed by atoms with E-state index in [9.17, 15) is 4.39 Å². The van der Waals surface area contributed by atoms with Crippen LogP contribution in [0, 0.1) is 5.82 Å². The Labute approximate surface area is 106 Å². The molecule has 2 aromatic heterocycles. The molecule has 1 aliphatic heterocycles. The van der Waals surface area contributed by atoms with Crippen LogP contribution in [-0.4, -0.2) is 21.4 Å². The molecule has 1 fully saturated rings. The molecule has 3 rings (SSSR count). The normalized spacial score (nSPS) is 20.9. The molecule has 90 valence electrons. The van der Waals surface area contributed by atoms with Gasteiger partial charge in [-0.2, -0.15) is 5.10 Å². The number of pyridine rings is 1. The van der Waals surface area contributed by atoms with Crippen molar-refractivity contribution >= 4 is 27.0 Å². The van der Waals surface area contributed by atoms with Crippen molar-refractivity contribution < 1.29 is 9.13 Å². The minimum Gasteiger partial charge on any atom is -0.356 e. The van der Waals surface area contributed by atoms with E-state index in [4.69, 9.17) is 4.74 Å². The van der Waals surface area contributed by atoms with E-state index >= 15 is 0 Å². The maximum atomic E-state index is 13.5. The first-order chi connectivity index (χ1) is 8.25. The number of aromatic nitrogens is 3. The summed E-state index contributed by atoms with van der Waals surface area (Å²) in [6.45, 7) is 0.735. The topological polar surface area (TPSA) is 39.9 Å². The second-order valence-corrected chi connectivity index (χ2v) is 4.83. The van der Waals surface area contributed by atoms with E-state index in [1.54, 1.807) is 10.9 Å². The number of hydrogen-bond donors (Lipinski definition) is 0. The van der Waals surface area contributed by atoms with Gasteiger partial charge in [0, 0.05) is 12.7 Å². The quantitative estimate of drug-likeness (QED) is 0.760. The van der Waals surface area contributed by atoms with Crippen LogP contribution in [0.5, 0.6) is 0 Å². The summed E-state index contributed by atoms with van der Waals surface area (Å²) in [4.78, 5) is 4.09. The van der Waals surface area contributed by atoms with Gasteiger partial charge in [0.15, 0.2) is 12.0 Å². The van der Waals surface area contributed by atoms with Gasteiger partial charge in [-0.25, -0.2) is 14.1 Å². The molecule has 0 spiro atoms. The van der Waals surface area contributed by atoms with E-state index in [1.165, 1.54) is 6.07 Å². The van der Waals surface area contributed by atoms with Crippen LogP contribution in [0.2, 0.25) is 0 Å². The fourth-order valence-electron chi connectivity index (χ4n) is 2.07. The van der Waals surface area contributed by atoms with Crippen molar-refractivity contribution in [2.24, 2.45) is 0 Å². The molecular weight excluding hydrogens is 289 g/mol. The molecule has 0 amide bonds. The molecular formula is C11H11BrFN3O. The Morgan fingerprint density at radius 3 is 3.12 bits per heavy atom. The van der Waals surface area contributed by atoms with Gasteiger partial charge in [0.05, 0.1) is 11.7 Å². The third-order valence-corrected chi connectivity index (χ3v) is 3.48. The largest absolute Gasteiger partial charge is 0.356 e. The summed E-state index contributed by atoms with van der Waals surface area (Å²) in [6, 6.07) is 1.44. The SMILES string of the molecule is Fc1cc2c(cnn2C2CCCCO2)nc1Br. The van der Waals surface area contributed by atoms with Crippen LogP contribution in [0.3, 0.4) is 0 Å². The average Bonchev–Trinajstić information content (AvgIpc) is 2.74. The van der Waals surface area contributed by atoms with Crippen molar-refractivity contribution in [2.45, 2.75) is 25.5 Å². The van der Waals surface area contributed by atoms with E-state index in [0.29, 0.717) is 11.0 Å². The van der Waals surface area contributed by atoms with Gasteiger partial charge in [-0.1, -0.05) is 0 Å². The van der Waals surface area contributed by atoms with Gasteiger partial charge in [0.1, 0.15) is 10.1 Å². The summed E-state index contributed by atoms with van der Waals surface area (Å²) in [5.41, 5.74) is 1.35. The highest BCUT2D eigenvalue weighted by molar-refractivity contribution is 9.10. The molecule has 0 radical (unpaired) electrons. The lowest BCUT2D eigenvalue weighted by Crippen LogP contribution is -2.19. The Bertz CT molecular complexity index is 551. The van der Waals surface area contributed by atoms with Crippen molar-refractivity contribution in [1.29, 1.82) is 0 Å². The van der Waals surface area contributed by atoms with E-state index < -0.39 is 0 Å². The van der Waals surface area contributed by atoms with Gasteiger partial charge in [-0.15, -0.1) is 0 Å². The summed E-state index contributed by atoms with van der Waals surface area (Å²) >= 11 is 3.07. The van der Waals surface area contributed by atoms with Gasteiger partial charge in [-0.05, 0) is 35.2 Å². The molecule has 0 bridgehead atoms. The zero-order valence-electron chi connectivity index (χ0n) is 9.07. The predicted octanol–water partition coefficient (Wildman–Crippen LogP) is 3.03. The van der Waals surface area contributed by atoms with Crippen LogP contribution >= 0.6 is 15.9 Å². The predicted molar refractivity (Wildman–Crippen MR) is 64.0 cm³/mol. The monoisotopic (exact) mass is 299 g/mol. The molecule has 0 aromatic carbocycles. The van der Waals surface area contributed by atoms with Crippen molar-refractivity contribution in [2.75, 3.05) is 6.61 Å². The average molecular weight is 300 g/mol. The molecule has 17 heavy (non-hydrogen) atoms. The Balaban J connectivity index is 2.07. The first kappa shape index (κ1) is 11.1. The molecule has 0 aliphatic carbocycles. The Morgan fingerprint density at radius 2 is 2.35 bits per heavy atom. The zero-order valence-corrected chi connectivity index (χ0v) is 10.7. The van der Waals surface area contributed by atoms with Crippen LogP contribution in [0.25, 0.3) is 11.0 Å². The molecule has 4 nitrogen and oxygen atoms in total. The third-order valence-electron chi connectivity index (χ3n) is 2.92. The van der Waals surface area contributed by atoms with Crippen LogP contribution in [0.4, 0.5) is 4.39 Å². The number of hydrogen-bond acceptors (Lipinski definition) is 3. The van der Waals surface area contributed by atoms with Gasteiger partial charge >= 0.3 is 0 Å². The Kier molecular flexibility index (Phi) is 2.84. The summed E-state index contributed by atoms with van der Waals surface area (Å²) in [7, 11) is 0. The maximum Gasteiger partial charge on any atom is 0.158 e. The van der Waals surface area contributed by atoms with Crippen molar-refractivity contribution in [3.05, 3.63) is 22.7 Å². The van der Waals surface area contributed by atoms with Gasteiger partial charge in [0.25, 0.3) is 0 Å². The van der Waals surface area contributed by atoms with Gasteiger partial charge < -0.3 is 4.74 Å². The molecule has 1 unspecified atom stereocenters. The van der Waals surface area contributed by atoms with E-state index in [1.807, 2.05) is 0 Å².